The molecule has 1 aromatic rings. The number of alkyl halides is 3. The van der Waals surface area contributed by atoms with E-state index in [2.05, 4.69) is 21.3 Å². The molecule has 2 aliphatic rings. The molecule has 140 valence electrons. The number of pyridine rings is 1. The van der Waals surface area contributed by atoms with Gasteiger partial charge in [-0.1, -0.05) is 0 Å². The van der Waals surface area contributed by atoms with Crippen LogP contribution in [0.4, 0.5) is 19.0 Å². The molecule has 0 aliphatic carbocycles. The predicted octanol–water partition coefficient (Wildman–Crippen LogP) is 2.16. The lowest BCUT2D eigenvalue weighted by atomic mass is 10.0. The van der Waals surface area contributed by atoms with E-state index in [1.54, 1.807) is 0 Å². The van der Waals surface area contributed by atoms with Gasteiger partial charge in [-0.15, -0.1) is 0 Å². The molecule has 3 rings (SSSR count). The van der Waals surface area contributed by atoms with Crippen LogP contribution >= 0.6 is 0 Å². The predicted molar refractivity (Wildman–Crippen MR) is 85.8 cm³/mol. The largest absolute Gasteiger partial charge is 0.490 e. The van der Waals surface area contributed by atoms with Gasteiger partial charge in [0.25, 0.3) is 0 Å². The number of carbonyl (C=O) groups is 1. The Morgan fingerprint density at radius 2 is 1.88 bits per heavy atom. The summed E-state index contributed by atoms with van der Waals surface area (Å²) in [7, 11) is 0. The maximum absolute atomic E-state index is 10.6. The van der Waals surface area contributed by atoms with Gasteiger partial charge in [-0.05, 0) is 37.8 Å². The number of aliphatic carboxylic acids is 1. The van der Waals surface area contributed by atoms with Gasteiger partial charge in [0.1, 0.15) is 11.6 Å². The molecule has 0 radical (unpaired) electrons. The number of ether oxygens (including phenoxy) is 1. The summed E-state index contributed by atoms with van der Waals surface area (Å²) in [5, 5.41) is 10.6. The van der Waals surface area contributed by atoms with Crippen LogP contribution in [-0.2, 0) is 4.79 Å². The minimum atomic E-state index is -5.08. The van der Waals surface area contributed by atoms with Gasteiger partial charge >= 0.3 is 12.1 Å². The highest BCUT2D eigenvalue weighted by atomic mass is 19.4. The third-order valence-corrected chi connectivity index (χ3v) is 4.05. The van der Waals surface area contributed by atoms with E-state index >= 15 is 0 Å². The molecular formula is C16H22F3N3O3. The lowest BCUT2D eigenvalue weighted by Crippen LogP contribution is -2.26. The summed E-state index contributed by atoms with van der Waals surface area (Å²) in [4.78, 5) is 15.8. The van der Waals surface area contributed by atoms with Crippen molar-refractivity contribution in [3.63, 3.8) is 0 Å². The number of carboxylic acids is 1. The summed E-state index contributed by atoms with van der Waals surface area (Å²) in [6, 6.07) is 4.10. The SMILES string of the molecule is CC(C)Oc1ccc(N2C[C@@H]3CNC[C@H]3C2)nc1.O=C(O)C(F)(F)F. The van der Waals surface area contributed by atoms with Gasteiger partial charge in [-0.3, -0.25) is 0 Å². The van der Waals surface area contributed by atoms with E-state index in [4.69, 9.17) is 14.6 Å². The van der Waals surface area contributed by atoms with Gasteiger partial charge in [0, 0.05) is 26.2 Å². The second kappa shape index (κ2) is 7.90. The van der Waals surface area contributed by atoms with Gasteiger partial charge in [-0.2, -0.15) is 13.2 Å². The molecule has 0 spiro atoms. The second-order valence-corrected chi connectivity index (χ2v) is 6.41. The highest BCUT2D eigenvalue weighted by Crippen LogP contribution is 2.29. The maximum atomic E-state index is 10.6. The van der Waals surface area contributed by atoms with Gasteiger partial charge in [0.15, 0.2) is 0 Å². The standard InChI is InChI=1S/C14H21N3O.C2HF3O2/c1-10(2)18-13-3-4-14(16-7-13)17-8-11-5-15-6-12(11)9-17;3-2(4,5)1(6)7/h3-4,7,10-12,15H,5-6,8-9H2,1-2H3;(H,6,7)/t11-,12-;/m0./s1. The highest BCUT2D eigenvalue weighted by molar-refractivity contribution is 5.73. The van der Waals surface area contributed by atoms with Crippen molar-refractivity contribution < 1.29 is 27.8 Å². The topological polar surface area (TPSA) is 74.7 Å². The normalized spacial score (nSPS) is 22.4. The number of fused-ring (bicyclic) bond motifs is 1. The zero-order valence-corrected chi connectivity index (χ0v) is 14.1. The Labute approximate surface area is 144 Å². The Bertz CT molecular complexity index is 566. The molecular weight excluding hydrogens is 339 g/mol. The molecule has 2 fully saturated rings. The van der Waals surface area contributed by atoms with Crippen LogP contribution in [0.5, 0.6) is 5.75 Å². The van der Waals surface area contributed by atoms with Crippen LogP contribution in [0.3, 0.4) is 0 Å². The first-order chi connectivity index (χ1) is 11.7. The average molecular weight is 361 g/mol. The monoisotopic (exact) mass is 361 g/mol. The Balaban J connectivity index is 0.000000277. The van der Waals surface area contributed by atoms with Crippen LogP contribution in [-0.4, -0.2) is 54.5 Å². The number of nitrogens with zero attached hydrogens (tertiary/aromatic N) is 2. The fourth-order valence-electron chi connectivity index (χ4n) is 2.94. The molecule has 0 amide bonds. The average Bonchev–Trinajstić information content (AvgIpc) is 3.08. The summed E-state index contributed by atoms with van der Waals surface area (Å²) >= 11 is 0. The number of anilines is 1. The number of aromatic nitrogens is 1. The van der Waals surface area contributed by atoms with Crippen LogP contribution in [0, 0.1) is 11.8 Å². The molecule has 1 aromatic heterocycles. The third-order valence-electron chi connectivity index (χ3n) is 4.05. The molecule has 2 N–H and O–H groups in total. The minimum Gasteiger partial charge on any atom is -0.489 e. The van der Waals surface area contributed by atoms with Crippen molar-refractivity contribution in [2.45, 2.75) is 26.1 Å². The van der Waals surface area contributed by atoms with Crippen molar-refractivity contribution >= 4 is 11.8 Å². The summed E-state index contributed by atoms with van der Waals surface area (Å²) < 4.78 is 37.4. The van der Waals surface area contributed by atoms with Crippen LogP contribution in [0.2, 0.25) is 0 Å². The Kier molecular flexibility index (Phi) is 6.10. The molecule has 2 aliphatic heterocycles. The molecule has 0 saturated carbocycles. The molecule has 0 bridgehead atoms. The van der Waals surface area contributed by atoms with Crippen molar-refractivity contribution in [3.8, 4) is 5.75 Å². The van der Waals surface area contributed by atoms with Crippen LogP contribution < -0.4 is 15.0 Å². The second-order valence-electron chi connectivity index (χ2n) is 6.41. The quantitative estimate of drug-likeness (QED) is 0.859. The summed E-state index contributed by atoms with van der Waals surface area (Å²) in [5.41, 5.74) is 0. The van der Waals surface area contributed by atoms with Crippen molar-refractivity contribution in [3.05, 3.63) is 18.3 Å². The lowest BCUT2D eigenvalue weighted by molar-refractivity contribution is -0.192. The summed E-state index contributed by atoms with van der Waals surface area (Å²) in [5.74, 6) is 0.791. The van der Waals surface area contributed by atoms with Crippen LogP contribution in [0.15, 0.2) is 18.3 Å². The minimum absolute atomic E-state index is 0.204. The van der Waals surface area contributed by atoms with E-state index in [0.29, 0.717) is 0 Å². The fourth-order valence-corrected chi connectivity index (χ4v) is 2.94. The first kappa shape index (κ1) is 19.3. The van der Waals surface area contributed by atoms with Crippen molar-refractivity contribution in [1.29, 1.82) is 0 Å². The number of hydrogen-bond donors (Lipinski definition) is 2. The molecule has 6 nitrogen and oxygen atoms in total. The fraction of sp³-hybridized carbons (Fsp3) is 0.625. The number of hydrogen-bond acceptors (Lipinski definition) is 5. The van der Waals surface area contributed by atoms with Crippen molar-refractivity contribution in [2.75, 3.05) is 31.1 Å². The molecule has 0 aromatic carbocycles. The molecule has 3 heterocycles. The van der Waals surface area contributed by atoms with Crippen molar-refractivity contribution in [1.82, 2.24) is 10.3 Å². The van der Waals surface area contributed by atoms with Crippen molar-refractivity contribution in [2.24, 2.45) is 11.8 Å². The van der Waals surface area contributed by atoms with E-state index in [1.807, 2.05) is 26.1 Å². The Morgan fingerprint density at radius 1 is 1.32 bits per heavy atom. The molecule has 0 unspecified atom stereocenters. The van der Waals surface area contributed by atoms with Crippen LogP contribution in [0.25, 0.3) is 0 Å². The van der Waals surface area contributed by atoms with E-state index in [9.17, 15) is 13.2 Å². The van der Waals surface area contributed by atoms with Crippen LogP contribution in [0.1, 0.15) is 13.8 Å². The van der Waals surface area contributed by atoms with Gasteiger partial charge < -0.3 is 20.1 Å². The number of halogens is 3. The number of nitrogens with one attached hydrogen (secondary N) is 1. The van der Waals surface area contributed by atoms with Gasteiger partial charge in [0.05, 0.1) is 12.3 Å². The Hall–Kier alpha value is -2.03. The molecule has 2 saturated heterocycles. The smallest absolute Gasteiger partial charge is 0.489 e. The summed E-state index contributed by atoms with van der Waals surface area (Å²) in [6.45, 7) is 8.65. The first-order valence-electron chi connectivity index (χ1n) is 8.05. The third kappa shape index (κ3) is 5.48. The number of carboxylic acid groups (broad SMARTS) is 1. The van der Waals surface area contributed by atoms with Gasteiger partial charge in [-0.25, -0.2) is 9.78 Å². The van der Waals surface area contributed by atoms with E-state index < -0.39 is 12.1 Å². The maximum Gasteiger partial charge on any atom is 0.490 e. The van der Waals surface area contributed by atoms with E-state index in [1.165, 1.54) is 0 Å². The zero-order valence-electron chi connectivity index (χ0n) is 14.1. The molecule has 9 heteroatoms. The van der Waals surface area contributed by atoms with Gasteiger partial charge in [0.2, 0.25) is 0 Å². The lowest BCUT2D eigenvalue weighted by Gasteiger charge is -2.19. The number of rotatable bonds is 3. The highest BCUT2D eigenvalue weighted by Gasteiger charge is 2.38. The molecule has 25 heavy (non-hydrogen) atoms. The van der Waals surface area contributed by atoms with E-state index in [0.717, 1.165) is 49.6 Å². The first-order valence-corrected chi connectivity index (χ1v) is 8.05. The van der Waals surface area contributed by atoms with E-state index in [-0.39, 0.29) is 6.10 Å². The summed E-state index contributed by atoms with van der Waals surface area (Å²) in [6.07, 6.45) is -3.04. The zero-order chi connectivity index (χ0) is 18.6. The Morgan fingerprint density at radius 3 is 2.28 bits per heavy atom. The molecule has 2 atom stereocenters.